The molecule has 0 aliphatic carbocycles. The van der Waals surface area contributed by atoms with Crippen LogP contribution in [0.3, 0.4) is 0 Å². The Morgan fingerprint density at radius 1 is 1.17 bits per heavy atom. The van der Waals surface area contributed by atoms with Crippen LogP contribution < -0.4 is 4.74 Å². The molecule has 4 nitrogen and oxygen atoms in total. The van der Waals surface area contributed by atoms with Crippen LogP contribution in [0.15, 0.2) is 24.3 Å². The van der Waals surface area contributed by atoms with Crippen molar-refractivity contribution < 1.29 is 23.8 Å². The van der Waals surface area contributed by atoms with E-state index in [0.717, 1.165) is 45.7 Å². The second-order valence-electron chi connectivity index (χ2n) is 10.6. The van der Waals surface area contributed by atoms with Crippen LogP contribution in [-0.4, -0.2) is 23.3 Å². The maximum Gasteiger partial charge on any atom is 0.337 e. The van der Waals surface area contributed by atoms with Gasteiger partial charge in [-0.15, -0.1) is 11.3 Å². The molecule has 0 bridgehead atoms. The molecule has 2 aromatic carbocycles. The molecule has 36 heavy (non-hydrogen) atoms. The highest BCUT2D eigenvalue weighted by atomic mass is 32.1. The first kappa shape index (κ1) is 26.4. The van der Waals surface area contributed by atoms with Crippen molar-refractivity contribution in [1.82, 2.24) is 0 Å². The normalized spacial score (nSPS) is 14.3. The number of halogens is 1. The maximum absolute atomic E-state index is 15.3. The summed E-state index contributed by atoms with van der Waals surface area (Å²) in [5.41, 5.74) is 6.80. The fraction of sp³-hybridized carbons (Fsp3) is 0.433. The average molecular weight is 511 g/mol. The number of aliphatic carboxylic acids is 1. The highest BCUT2D eigenvalue weighted by Crippen LogP contribution is 2.49. The Morgan fingerprint density at radius 3 is 2.53 bits per heavy atom. The van der Waals surface area contributed by atoms with Crippen molar-refractivity contribution in [2.45, 2.75) is 79.4 Å². The number of carbonyl (C=O) groups is 1. The zero-order chi connectivity index (χ0) is 26.4. The smallest absolute Gasteiger partial charge is 0.337 e. The van der Waals surface area contributed by atoms with Crippen LogP contribution in [0.1, 0.15) is 72.9 Å². The lowest BCUT2D eigenvalue weighted by molar-refractivity contribution is -0.160. The zero-order valence-electron chi connectivity index (χ0n) is 22.2. The summed E-state index contributed by atoms with van der Waals surface area (Å²) in [5.74, 6) is -1.17. The van der Waals surface area contributed by atoms with Gasteiger partial charge in [-0.05, 0) is 106 Å². The quantitative estimate of drug-likeness (QED) is 0.365. The molecule has 1 aliphatic heterocycles. The van der Waals surface area contributed by atoms with Crippen LogP contribution in [0.5, 0.6) is 5.75 Å². The number of hydrogen-bond acceptors (Lipinski definition) is 4. The largest absolute Gasteiger partial charge is 0.490 e. The van der Waals surface area contributed by atoms with Gasteiger partial charge in [0.25, 0.3) is 0 Å². The summed E-state index contributed by atoms with van der Waals surface area (Å²) in [4.78, 5) is 14.3. The standard InChI is InChI=1S/C30H35FO4S/c1-8-19-13-22(12-16(2)17(19)3)28-25(21-14-20-10-9-11-34-26(20)23(31)15-21)24(18(4)36-28)27(29(32)33)35-30(5,6)7/h12-15,27H,8-11H2,1-7H3,(H,32,33). The Bertz CT molecular complexity index is 1320. The molecule has 0 radical (unpaired) electrons. The van der Waals surface area contributed by atoms with E-state index in [1.807, 2.05) is 33.8 Å². The summed E-state index contributed by atoms with van der Waals surface area (Å²) in [5, 5.41) is 10.3. The topological polar surface area (TPSA) is 55.8 Å². The number of aryl methyl sites for hydroxylation is 4. The van der Waals surface area contributed by atoms with Crippen molar-refractivity contribution >= 4 is 17.3 Å². The molecule has 1 unspecified atom stereocenters. The lowest BCUT2D eigenvalue weighted by atomic mass is 9.90. The molecule has 1 atom stereocenters. The first-order chi connectivity index (χ1) is 16.9. The van der Waals surface area contributed by atoms with E-state index in [-0.39, 0.29) is 0 Å². The Balaban J connectivity index is 2.04. The van der Waals surface area contributed by atoms with E-state index in [1.165, 1.54) is 22.8 Å². The van der Waals surface area contributed by atoms with E-state index in [4.69, 9.17) is 9.47 Å². The van der Waals surface area contributed by atoms with E-state index in [1.54, 1.807) is 11.3 Å². The van der Waals surface area contributed by atoms with Gasteiger partial charge in [-0.2, -0.15) is 0 Å². The van der Waals surface area contributed by atoms with Crippen molar-refractivity contribution in [2.24, 2.45) is 0 Å². The van der Waals surface area contributed by atoms with Gasteiger partial charge in [-0.3, -0.25) is 0 Å². The third kappa shape index (κ3) is 5.07. The van der Waals surface area contributed by atoms with E-state index in [2.05, 4.69) is 32.9 Å². The monoisotopic (exact) mass is 510 g/mol. The number of rotatable bonds is 6. The van der Waals surface area contributed by atoms with Gasteiger partial charge in [0.15, 0.2) is 17.7 Å². The van der Waals surface area contributed by atoms with Gasteiger partial charge < -0.3 is 14.6 Å². The van der Waals surface area contributed by atoms with E-state index < -0.39 is 23.5 Å². The number of hydrogen-bond donors (Lipinski definition) is 1. The number of carboxylic acid groups (broad SMARTS) is 1. The molecule has 1 aromatic heterocycles. The molecule has 1 aliphatic rings. The number of fused-ring (bicyclic) bond motifs is 1. The summed E-state index contributed by atoms with van der Waals surface area (Å²) in [6, 6.07) is 7.77. The molecule has 192 valence electrons. The Morgan fingerprint density at radius 2 is 1.89 bits per heavy atom. The molecule has 0 amide bonds. The highest BCUT2D eigenvalue weighted by Gasteiger charge is 2.34. The predicted octanol–water partition coefficient (Wildman–Crippen LogP) is 7.97. The molecular weight excluding hydrogens is 475 g/mol. The second kappa shape index (κ2) is 9.98. The van der Waals surface area contributed by atoms with Crippen LogP contribution >= 0.6 is 11.3 Å². The lowest BCUT2D eigenvalue weighted by Gasteiger charge is -2.26. The van der Waals surface area contributed by atoms with Crippen molar-refractivity contribution in [3.63, 3.8) is 0 Å². The van der Waals surface area contributed by atoms with E-state index in [9.17, 15) is 9.90 Å². The number of carboxylic acids is 1. The Hall–Kier alpha value is -2.70. The van der Waals surface area contributed by atoms with Gasteiger partial charge in [0.1, 0.15) is 0 Å². The third-order valence-electron chi connectivity index (χ3n) is 6.75. The third-order valence-corrected chi connectivity index (χ3v) is 7.92. The van der Waals surface area contributed by atoms with Crippen molar-refractivity contribution in [2.75, 3.05) is 6.61 Å². The molecular formula is C30H35FO4S. The van der Waals surface area contributed by atoms with Gasteiger partial charge >= 0.3 is 5.97 Å². The number of ether oxygens (including phenoxy) is 2. The molecule has 3 aromatic rings. The molecule has 0 spiro atoms. The van der Waals surface area contributed by atoms with Crippen LogP contribution in [0.25, 0.3) is 21.6 Å². The summed E-state index contributed by atoms with van der Waals surface area (Å²) >= 11 is 1.54. The van der Waals surface area contributed by atoms with Crippen molar-refractivity contribution in [3.05, 3.63) is 62.8 Å². The van der Waals surface area contributed by atoms with Gasteiger partial charge in [0, 0.05) is 20.9 Å². The Kier molecular flexibility index (Phi) is 7.31. The van der Waals surface area contributed by atoms with Gasteiger partial charge in [0.05, 0.1) is 12.2 Å². The molecule has 0 saturated carbocycles. The van der Waals surface area contributed by atoms with Crippen LogP contribution in [0.4, 0.5) is 4.39 Å². The summed E-state index contributed by atoms with van der Waals surface area (Å²) in [6.45, 7) is 14.3. The Labute approximate surface area is 217 Å². The second-order valence-corrected chi connectivity index (χ2v) is 11.8. The van der Waals surface area contributed by atoms with Crippen LogP contribution in [0, 0.1) is 26.6 Å². The van der Waals surface area contributed by atoms with Gasteiger partial charge in [-0.1, -0.05) is 19.1 Å². The molecule has 4 rings (SSSR count). The highest BCUT2D eigenvalue weighted by molar-refractivity contribution is 7.16. The molecule has 0 saturated heterocycles. The molecule has 0 fully saturated rings. The van der Waals surface area contributed by atoms with Crippen LogP contribution in [-0.2, 0) is 22.4 Å². The summed E-state index contributed by atoms with van der Waals surface area (Å²) in [7, 11) is 0. The van der Waals surface area contributed by atoms with E-state index in [0.29, 0.717) is 23.5 Å². The lowest BCUT2D eigenvalue weighted by Crippen LogP contribution is -2.27. The minimum Gasteiger partial charge on any atom is -0.490 e. The average Bonchev–Trinajstić information content (AvgIpc) is 3.15. The fourth-order valence-corrected chi connectivity index (χ4v) is 6.15. The maximum atomic E-state index is 15.3. The van der Waals surface area contributed by atoms with Crippen LogP contribution in [0.2, 0.25) is 0 Å². The minimum atomic E-state index is -1.18. The zero-order valence-corrected chi connectivity index (χ0v) is 23.0. The molecule has 2 heterocycles. The predicted molar refractivity (Wildman–Crippen MR) is 144 cm³/mol. The minimum absolute atomic E-state index is 0.306. The SMILES string of the molecule is CCc1cc(-c2sc(C)c(C(OC(C)(C)C)C(=O)O)c2-c2cc(F)c3c(c2)CCCO3)cc(C)c1C. The van der Waals surface area contributed by atoms with E-state index >= 15 is 4.39 Å². The van der Waals surface area contributed by atoms with Crippen molar-refractivity contribution in [1.29, 1.82) is 0 Å². The molecule has 6 heteroatoms. The number of thiophene rings is 1. The summed E-state index contributed by atoms with van der Waals surface area (Å²) in [6.07, 6.45) is 1.25. The van der Waals surface area contributed by atoms with Gasteiger partial charge in [-0.25, -0.2) is 9.18 Å². The summed E-state index contributed by atoms with van der Waals surface area (Å²) < 4.78 is 27.0. The first-order valence-corrected chi connectivity index (χ1v) is 13.3. The fourth-order valence-electron chi connectivity index (χ4n) is 4.96. The van der Waals surface area contributed by atoms with Crippen molar-refractivity contribution in [3.8, 4) is 27.3 Å². The number of benzene rings is 2. The molecule has 1 N–H and O–H groups in total. The first-order valence-electron chi connectivity index (χ1n) is 12.5. The van der Waals surface area contributed by atoms with Gasteiger partial charge in [0.2, 0.25) is 0 Å².